The van der Waals surface area contributed by atoms with Gasteiger partial charge in [-0.25, -0.2) is 0 Å². The van der Waals surface area contributed by atoms with Crippen LogP contribution in [0.25, 0.3) is 0 Å². The summed E-state index contributed by atoms with van der Waals surface area (Å²) in [6.07, 6.45) is 7.07. The molecule has 1 aromatic rings. The monoisotopic (exact) mass is 304 g/mol. The Morgan fingerprint density at radius 1 is 1.14 bits per heavy atom. The number of piperazine rings is 1. The molecule has 1 aromatic carbocycles. The van der Waals surface area contributed by atoms with Crippen molar-refractivity contribution in [3.8, 4) is 0 Å². The van der Waals surface area contributed by atoms with E-state index < -0.39 is 0 Å². The minimum absolute atomic E-state index is 0.477. The quantitative estimate of drug-likeness (QED) is 0.854. The summed E-state index contributed by atoms with van der Waals surface area (Å²) >= 11 is 2.01. The number of hydrogen-bond acceptors (Lipinski definition) is 3. The van der Waals surface area contributed by atoms with Crippen LogP contribution in [0.5, 0.6) is 0 Å². The summed E-state index contributed by atoms with van der Waals surface area (Å²) in [7, 11) is 0. The summed E-state index contributed by atoms with van der Waals surface area (Å²) in [5.74, 6) is 1.21. The summed E-state index contributed by atoms with van der Waals surface area (Å²) in [5.41, 5.74) is 1.83. The van der Waals surface area contributed by atoms with Crippen molar-refractivity contribution < 1.29 is 0 Å². The maximum Gasteiger partial charge on any atom is 0.0334 e. The molecule has 0 amide bonds. The summed E-state index contributed by atoms with van der Waals surface area (Å²) in [5, 5.41) is 3.64. The summed E-state index contributed by atoms with van der Waals surface area (Å²) in [6, 6.07) is 8.95. The number of rotatable bonds is 4. The fourth-order valence-corrected chi connectivity index (χ4v) is 4.72. The fourth-order valence-electron chi connectivity index (χ4n) is 3.84. The van der Waals surface area contributed by atoms with Gasteiger partial charge in [0.25, 0.3) is 0 Å². The average molecular weight is 305 g/mol. The van der Waals surface area contributed by atoms with Crippen molar-refractivity contribution in [3.63, 3.8) is 0 Å². The van der Waals surface area contributed by atoms with Crippen molar-refractivity contribution >= 4 is 11.8 Å². The number of benzene rings is 1. The van der Waals surface area contributed by atoms with Crippen LogP contribution in [0.3, 0.4) is 0 Å². The van der Waals surface area contributed by atoms with Gasteiger partial charge in [0.1, 0.15) is 0 Å². The highest BCUT2D eigenvalue weighted by Gasteiger charge is 2.39. The van der Waals surface area contributed by atoms with Crippen LogP contribution in [0.1, 0.15) is 37.7 Å². The third kappa shape index (κ3) is 3.82. The predicted octanol–water partition coefficient (Wildman–Crippen LogP) is 3.70. The molecule has 3 rings (SSSR count). The minimum atomic E-state index is 0.477. The van der Waals surface area contributed by atoms with Gasteiger partial charge in [0.15, 0.2) is 0 Å². The molecule has 0 bridgehead atoms. The third-order valence-corrected chi connectivity index (χ3v) is 6.11. The zero-order valence-corrected chi connectivity index (χ0v) is 14.1. The molecule has 1 saturated heterocycles. The van der Waals surface area contributed by atoms with Gasteiger partial charge < -0.3 is 5.32 Å². The normalized spacial score (nSPS) is 22.5. The molecular weight excluding hydrogens is 276 g/mol. The van der Waals surface area contributed by atoms with Crippen LogP contribution in [0.15, 0.2) is 29.2 Å². The van der Waals surface area contributed by atoms with E-state index >= 15 is 0 Å². The first-order valence-corrected chi connectivity index (χ1v) is 9.42. The van der Waals surface area contributed by atoms with Crippen LogP contribution in [0.2, 0.25) is 0 Å². The summed E-state index contributed by atoms with van der Waals surface area (Å²) in [4.78, 5) is 4.21. The second-order valence-electron chi connectivity index (χ2n) is 6.61. The van der Waals surface area contributed by atoms with E-state index in [0.717, 1.165) is 6.54 Å². The highest BCUT2D eigenvalue weighted by atomic mass is 32.2. The van der Waals surface area contributed by atoms with E-state index in [4.69, 9.17) is 0 Å². The number of nitrogens with one attached hydrogen (secondary N) is 1. The van der Waals surface area contributed by atoms with E-state index in [-0.39, 0.29) is 0 Å². The highest BCUT2D eigenvalue weighted by molar-refractivity contribution is 7.99. The van der Waals surface area contributed by atoms with Crippen molar-refractivity contribution in [1.82, 2.24) is 10.2 Å². The number of nitrogens with zero attached hydrogens (tertiary/aromatic N) is 1. The van der Waals surface area contributed by atoms with Gasteiger partial charge in [-0.15, -0.1) is 11.8 Å². The maximum atomic E-state index is 3.64. The summed E-state index contributed by atoms with van der Waals surface area (Å²) in [6.45, 7) is 7.00. The van der Waals surface area contributed by atoms with E-state index in [1.807, 2.05) is 11.8 Å². The van der Waals surface area contributed by atoms with Crippen molar-refractivity contribution in [3.05, 3.63) is 29.8 Å². The first-order chi connectivity index (χ1) is 10.3. The van der Waals surface area contributed by atoms with Crippen LogP contribution in [0, 0.1) is 6.92 Å². The van der Waals surface area contributed by atoms with Crippen molar-refractivity contribution in [2.75, 3.05) is 31.9 Å². The molecule has 1 spiro atoms. The van der Waals surface area contributed by atoms with Gasteiger partial charge >= 0.3 is 0 Å². The highest BCUT2D eigenvalue weighted by Crippen LogP contribution is 2.34. The van der Waals surface area contributed by atoms with Crippen molar-refractivity contribution in [1.29, 1.82) is 0 Å². The van der Waals surface area contributed by atoms with E-state index in [1.54, 1.807) is 0 Å². The lowest BCUT2D eigenvalue weighted by Gasteiger charge is -2.50. The van der Waals surface area contributed by atoms with Gasteiger partial charge in [0.05, 0.1) is 0 Å². The van der Waals surface area contributed by atoms with Gasteiger partial charge in [0, 0.05) is 42.4 Å². The first kappa shape index (κ1) is 15.4. The number of hydrogen-bond donors (Lipinski definition) is 1. The van der Waals surface area contributed by atoms with Crippen LogP contribution >= 0.6 is 11.8 Å². The van der Waals surface area contributed by atoms with Gasteiger partial charge in [0.2, 0.25) is 0 Å². The molecule has 3 heteroatoms. The van der Waals surface area contributed by atoms with Gasteiger partial charge in [-0.1, -0.05) is 37.0 Å². The van der Waals surface area contributed by atoms with Crippen LogP contribution in [-0.2, 0) is 0 Å². The number of aryl methyl sites for hydroxylation is 1. The number of thioether (sulfide) groups is 1. The molecule has 2 fully saturated rings. The smallest absolute Gasteiger partial charge is 0.0334 e. The molecule has 2 nitrogen and oxygen atoms in total. The van der Waals surface area contributed by atoms with Crippen LogP contribution in [-0.4, -0.2) is 42.4 Å². The standard InChI is InChI=1S/C18H28N2S/c1-16-5-7-17(8-6-16)21-14-13-20-12-11-19-15-18(20)9-3-2-4-10-18/h5-8,19H,2-4,9-15H2,1H3. The molecule has 0 atom stereocenters. The topological polar surface area (TPSA) is 15.3 Å². The minimum Gasteiger partial charge on any atom is -0.314 e. The Morgan fingerprint density at radius 3 is 2.67 bits per heavy atom. The van der Waals surface area contributed by atoms with Gasteiger partial charge in [-0.3, -0.25) is 4.90 Å². The Balaban J connectivity index is 1.54. The molecule has 1 heterocycles. The predicted molar refractivity (Wildman–Crippen MR) is 92.2 cm³/mol. The molecule has 1 saturated carbocycles. The molecule has 116 valence electrons. The Labute approximate surface area is 133 Å². The Bertz CT molecular complexity index is 429. The fraction of sp³-hybridized carbons (Fsp3) is 0.667. The van der Waals surface area contributed by atoms with Gasteiger partial charge in [-0.2, -0.15) is 0 Å². The first-order valence-electron chi connectivity index (χ1n) is 8.44. The zero-order valence-electron chi connectivity index (χ0n) is 13.2. The molecule has 21 heavy (non-hydrogen) atoms. The molecule has 2 aliphatic rings. The zero-order chi connectivity index (χ0) is 14.5. The molecule has 0 unspecified atom stereocenters. The second-order valence-corrected chi connectivity index (χ2v) is 7.78. The average Bonchev–Trinajstić information content (AvgIpc) is 2.52. The molecule has 1 aliphatic heterocycles. The summed E-state index contributed by atoms with van der Waals surface area (Å²) < 4.78 is 0. The lowest BCUT2D eigenvalue weighted by molar-refractivity contribution is 0.0333. The van der Waals surface area contributed by atoms with Crippen LogP contribution < -0.4 is 5.32 Å². The Kier molecular flexibility index (Phi) is 5.25. The molecular formula is C18H28N2S. The second kappa shape index (κ2) is 7.17. The molecule has 0 aromatic heterocycles. The van der Waals surface area contributed by atoms with Crippen molar-refractivity contribution in [2.45, 2.75) is 49.5 Å². The maximum absolute atomic E-state index is 3.64. The Morgan fingerprint density at radius 2 is 1.90 bits per heavy atom. The van der Waals surface area contributed by atoms with E-state index in [9.17, 15) is 0 Å². The lowest BCUT2D eigenvalue weighted by Crippen LogP contribution is -2.62. The lowest BCUT2D eigenvalue weighted by atomic mass is 9.79. The van der Waals surface area contributed by atoms with Crippen LogP contribution in [0.4, 0.5) is 0 Å². The molecule has 1 aliphatic carbocycles. The third-order valence-electron chi connectivity index (χ3n) is 5.12. The molecule has 1 N–H and O–H groups in total. The van der Waals surface area contributed by atoms with E-state index in [2.05, 4.69) is 41.4 Å². The van der Waals surface area contributed by atoms with E-state index in [1.165, 1.54) is 68.0 Å². The Hall–Kier alpha value is -0.510. The largest absolute Gasteiger partial charge is 0.314 e. The molecule has 0 radical (unpaired) electrons. The SMILES string of the molecule is Cc1ccc(SCCN2CCNCC23CCCCC3)cc1. The van der Waals surface area contributed by atoms with Crippen molar-refractivity contribution in [2.24, 2.45) is 0 Å². The van der Waals surface area contributed by atoms with E-state index in [0.29, 0.717) is 5.54 Å². The van der Waals surface area contributed by atoms with Gasteiger partial charge in [-0.05, 0) is 31.9 Å².